The number of hydrogen-bond acceptors (Lipinski definition) is 5. The smallest absolute Gasteiger partial charge is 0.241 e. The zero-order valence-electron chi connectivity index (χ0n) is 11.4. The third kappa shape index (κ3) is 3.78. The van der Waals surface area contributed by atoms with Gasteiger partial charge in [-0.2, -0.15) is 5.26 Å². The van der Waals surface area contributed by atoms with E-state index in [4.69, 9.17) is 5.26 Å². The SMILES string of the molecule is CNc1cc(S(=O)(=O)NCc2ccc(C#N)cc2)ccn1. The van der Waals surface area contributed by atoms with Gasteiger partial charge in [-0.3, -0.25) is 0 Å². The van der Waals surface area contributed by atoms with Gasteiger partial charge >= 0.3 is 0 Å². The Morgan fingerprint density at radius 2 is 1.95 bits per heavy atom. The standard InChI is InChI=1S/C14H14N4O2S/c1-16-14-8-13(6-7-17-14)21(19,20)18-10-12-4-2-11(9-15)3-5-12/h2-8,18H,10H2,1H3,(H,16,17). The molecule has 0 spiro atoms. The van der Waals surface area contributed by atoms with E-state index in [2.05, 4.69) is 15.0 Å². The van der Waals surface area contributed by atoms with Gasteiger partial charge in [0.1, 0.15) is 5.82 Å². The number of pyridine rings is 1. The summed E-state index contributed by atoms with van der Waals surface area (Å²) in [5.74, 6) is 0.483. The molecule has 0 saturated heterocycles. The maximum absolute atomic E-state index is 12.2. The van der Waals surface area contributed by atoms with E-state index < -0.39 is 10.0 Å². The monoisotopic (exact) mass is 302 g/mol. The van der Waals surface area contributed by atoms with Crippen LogP contribution in [0.5, 0.6) is 0 Å². The van der Waals surface area contributed by atoms with Crippen molar-refractivity contribution in [1.29, 1.82) is 5.26 Å². The van der Waals surface area contributed by atoms with Crippen LogP contribution in [-0.2, 0) is 16.6 Å². The number of sulfonamides is 1. The molecular weight excluding hydrogens is 288 g/mol. The lowest BCUT2D eigenvalue weighted by Gasteiger charge is -2.08. The predicted molar refractivity (Wildman–Crippen MR) is 79.0 cm³/mol. The molecule has 6 nitrogen and oxygen atoms in total. The first-order chi connectivity index (χ1) is 10.0. The van der Waals surface area contributed by atoms with Gasteiger partial charge < -0.3 is 5.32 Å². The van der Waals surface area contributed by atoms with E-state index in [0.29, 0.717) is 11.4 Å². The quantitative estimate of drug-likeness (QED) is 0.872. The van der Waals surface area contributed by atoms with Gasteiger partial charge in [0.2, 0.25) is 10.0 Å². The molecule has 2 N–H and O–H groups in total. The van der Waals surface area contributed by atoms with Crippen LogP contribution in [0.2, 0.25) is 0 Å². The highest BCUT2D eigenvalue weighted by Crippen LogP contribution is 2.13. The molecule has 0 fully saturated rings. The van der Waals surface area contributed by atoms with Gasteiger partial charge in [-0.05, 0) is 23.8 Å². The Bertz CT molecular complexity index is 764. The average Bonchev–Trinajstić information content (AvgIpc) is 2.53. The lowest BCUT2D eigenvalue weighted by molar-refractivity contribution is 0.581. The van der Waals surface area contributed by atoms with Crippen molar-refractivity contribution < 1.29 is 8.42 Å². The van der Waals surface area contributed by atoms with E-state index in [0.717, 1.165) is 5.56 Å². The number of aromatic nitrogens is 1. The van der Waals surface area contributed by atoms with Crippen LogP contribution in [-0.4, -0.2) is 20.4 Å². The summed E-state index contributed by atoms with van der Waals surface area (Å²) in [7, 11) is -1.93. The van der Waals surface area contributed by atoms with Crippen LogP contribution in [0, 0.1) is 11.3 Å². The predicted octanol–water partition coefficient (Wildman–Crippen LogP) is 1.47. The molecule has 1 aromatic carbocycles. The first-order valence-corrected chi connectivity index (χ1v) is 7.66. The highest BCUT2D eigenvalue weighted by atomic mass is 32.2. The highest BCUT2D eigenvalue weighted by molar-refractivity contribution is 7.89. The summed E-state index contributed by atoms with van der Waals surface area (Å²) in [4.78, 5) is 4.12. The normalized spacial score (nSPS) is 10.9. The topological polar surface area (TPSA) is 94.9 Å². The number of nitrogens with zero attached hydrogens (tertiary/aromatic N) is 2. The van der Waals surface area contributed by atoms with Gasteiger partial charge in [-0.15, -0.1) is 0 Å². The van der Waals surface area contributed by atoms with Gasteiger partial charge in [0.25, 0.3) is 0 Å². The molecule has 2 aromatic rings. The Morgan fingerprint density at radius 1 is 1.24 bits per heavy atom. The van der Waals surface area contributed by atoms with Gasteiger partial charge in [0, 0.05) is 25.9 Å². The molecule has 0 radical (unpaired) electrons. The molecule has 0 bridgehead atoms. The summed E-state index contributed by atoms with van der Waals surface area (Å²) in [6.45, 7) is 0.158. The van der Waals surface area contributed by atoms with Crippen molar-refractivity contribution in [3.8, 4) is 6.07 Å². The summed E-state index contributed by atoms with van der Waals surface area (Å²) >= 11 is 0. The van der Waals surface area contributed by atoms with E-state index in [-0.39, 0.29) is 11.4 Å². The molecule has 7 heteroatoms. The lowest BCUT2D eigenvalue weighted by Crippen LogP contribution is -2.23. The zero-order chi connectivity index (χ0) is 15.3. The molecule has 2 rings (SSSR count). The second-order valence-electron chi connectivity index (χ2n) is 4.26. The first-order valence-electron chi connectivity index (χ1n) is 6.17. The molecule has 0 atom stereocenters. The third-order valence-electron chi connectivity index (χ3n) is 2.85. The van der Waals surface area contributed by atoms with E-state index in [1.807, 2.05) is 6.07 Å². The fourth-order valence-electron chi connectivity index (χ4n) is 1.67. The first kappa shape index (κ1) is 15.0. The number of nitrogens with one attached hydrogen (secondary N) is 2. The van der Waals surface area contributed by atoms with Crippen LogP contribution < -0.4 is 10.0 Å². The summed E-state index contributed by atoms with van der Waals surface area (Å²) < 4.78 is 26.9. The van der Waals surface area contributed by atoms with Crippen LogP contribution >= 0.6 is 0 Å². The summed E-state index contributed by atoms with van der Waals surface area (Å²) in [6.07, 6.45) is 1.43. The van der Waals surface area contributed by atoms with E-state index in [1.165, 1.54) is 18.3 Å². The van der Waals surface area contributed by atoms with Crippen LogP contribution in [0.4, 0.5) is 5.82 Å². The van der Waals surface area contributed by atoms with Crippen molar-refractivity contribution in [2.75, 3.05) is 12.4 Å². The maximum atomic E-state index is 12.2. The average molecular weight is 302 g/mol. The highest BCUT2D eigenvalue weighted by Gasteiger charge is 2.14. The number of benzene rings is 1. The fourth-order valence-corrected chi connectivity index (χ4v) is 2.70. The van der Waals surface area contributed by atoms with Crippen molar-refractivity contribution in [3.05, 3.63) is 53.7 Å². The van der Waals surface area contributed by atoms with Crippen molar-refractivity contribution in [1.82, 2.24) is 9.71 Å². The fraction of sp³-hybridized carbons (Fsp3) is 0.143. The summed E-state index contributed by atoms with van der Waals surface area (Å²) in [6, 6.07) is 11.6. The van der Waals surface area contributed by atoms with Gasteiger partial charge in [0.05, 0.1) is 16.5 Å². The van der Waals surface area contributed by atoms with Crippen molar-refractivity contribution in [3.63, 3.8) is 0 Å². The Labute approximate surface area is 123 Å². The molecule has 0 amide bonds. The van der Waals surface area contributed by atoms with Crippen LogP contribution in [0.1, 0.15) is 11.1 Å². The maximum Gasteiger partial charge on any atom is 0.241 e. The lowest BCUT2D eigenvalue weighted by atomic mass is 10.1. The Balaban J connectivity index is 2.11. The van der Waals surface area contributed by atoms with Crippen LogP contribution in [0.15, 0.2) is 47.5 Å². The van der Waals surface area contributed by atoms with Gasteiger partial charge in [-0.1, -0.05) is 12.1 Å². The molecule has 108 valence electrons. The van der Waals surface area contributed by atoms with E-state index in [9.17, 15) is 8.42 Å². The van der Waals surface area contributed by atoms with E-state index >= 15 is 0 Å². The largest absolute Gasteiger partial charge is 0.373 e. The molecule has 0 aliphatic rings. The minimum Gasteiger partial charge on any atom is -0.373 e. The van der Waals surface area contributed by atoms with Gasteiger partial charge in [0.15, 0.2) is 0 Å². The minimum absolute atomic E-state index is 0.149. The second-order valence-corrected chi connectivity index (χ2v) is 6.03. The third-order valence-corrected chi connectivity index (χ3v) is 4.25. The van der Waals surface area contributed by atoms with Gasteiger partial charge in [-0.25, -0.2) is 18.1 Å². The molecule has 21 heavy (non-hydrogen) atoms. The minimum atomic E-state index is -3.60. The number of anilines is 1. The Hall–Kier alpha value is -2.43. The Morgan fingerprint density at radius 3 is 2.57 bits per heavy atom. The number of rotatable bonds is 5. The number of nitriles is 1. The summed E-state index contributed by atoms with van der Waals surface area (Å²) in [5, 5.41) is 11.5. The zero-order valence-corrected chi connectivity index (χ0v) is 12.2. The van der Waals surface area contributed by atoms with Crippen LogP contribution in [0.25, 0.3) is 0 Å². The molecule has 0 aliphatic carbocycles. The molecule has 0 aliphatic heterocycles. The van der Waals surface area contributed by atoms with Crippen molar-refractivity contribution in [2.45, 2.75) is 11.4 Å². The molecule has 0 saturated carbocycles. The van der Waals surface area contributed by atoms with E-state index in [1.54, 1.807) is 31.3 Å². The molecular formula is C14H14N4O2S. The molecule has 1 aromatic heterocycles. The van der Waals surface area contributed by atoms with Crippen molar-refractivity contribution >= 4 is 15.8 Å². The summed E-state index contributed by atoms with van der Waals surface area (Å²) in [5.41, 5.74) is 1.31. The molecule has 1 heterocycles. The Kier molecular flexibility index (Phi) is 4.52. The van der Waals surface area contributed by atoms with Crippen LogP contribution in [0.3, 0.4) is 0 Å². The van der Waals surface area contributed by atoms with Crippen molar-refractivity contribution in [2.24, 2.45) is 0 Å². The molecule has 0 unspecified atom stereocenters. The number of hydrogen-bond donors (Lipinski definition) is 2. The second kappa shape index (κ2) is 6.35.